The lowest BCUT2D eigenvalue weighted by molar-refractivity contribution is -0.121. The van der Waals surface area contributed by atoms with Crippen molar-refractivity contribution >= 4 is 29.3 Å². The van der Waals surface area contributed by atoms with Crippen molar-refractivity contribution in [3.63, 3.8) is 0 Å². The zero-order chi connectivity index (χ0) is 14.3. The van der Waals surface area contributed by atoms with Gasteiger partial charge < -0.3 is 10.4 Å². The van der Waals surface area contributed by atoms with Gasteiger partial charge in [-0.2, -0.15) is 0 Å². The monoisotopic (exact) mass is 301 g/mol. The van der Waals surface area contributed by atoms with Crippen molar-refractivity contribution < 1.29 is 9.90 Å². The number of amides is 1. The first-order chi connectivity index (χ1) is 9.06. The van der Waals surface area contributed by atoms with Crippen molar-refractivity contribution in [3.05, 3.63) is 29.3 Å². The third kappa shape index (κ3) is 4.71. The first kappa shape index (κ1) is 16.3. The van der Waals surface area contributed by atoms with Gasteiger partial charge in [-0.1, -0.05) is 37.6 Å². The molecule has 0 saturated heterocycles. The van der Waals surface area contributed by atoms with Gasteiger partial charge >= 0.3 is 0 Å². The minimum atomic E-state index is -0.502. The van der Waals surface area contributed by atoms with Gasteiger partial charge in [0.25, 0.3) is 0 Å². The van der Waals surface area contributed by atoms with Crippen LogP contribution in [0.5, 0.6) is 0 Å². The molecule has 1 aromatic carbocycles. The van der Waals surface area contributed by atoms with Gasteiger partial charge in [0.2, 0.25) is 5.91 Å². The largest absolute Gasteiger partial charge is 0.394 e. The van der Waals surface area contributed by atoms with Crippen LogP contribution in [0.4, 0.5) is 0 Å². The number of rotatable bonds is 7. The molecule has 106 valence electrons. The van der Waals surface area contributed by atoms with Gasteiger partial charge in [-0.25, -0.2) is 0 Å². The number of aliphatic hydroxyl groups is 1. The molecule has 0 aliphatic rings. The first-order valence-corrected chi connectivity index (χ1v) is 7.72. The van der Waals surface area contributed by atoms with Crippen LogP contribution in [0.25, 0.3) is 0 Å². The molecule has 5 heteroatoms. The number of hydrogen-bond acceptors (Lipinski definition) is 3. The molecule has 0 bridgehead atoms. The normalized spacial score (nSPS) is 11.4. The minimum Gasteiger partial charge on any atom is -0.394 e. The van der Waals surface area contributed by atoms with E-state index in [-0.39, 0.29) is 12.5 Å². The predicted octanol–water partition coefficient (Wildman–Crippen LogP) is 3.10. The molecule has 0 saturated carbocycles. The molecule has 0 aromatic heterocycles. The quantitative estimate of drug-likeness (QED) is 0.761. The number of halogens is 1. The van der Waals surface area contributed by atoms with Crippen LogP contribution in [-0.4, -0.2) is 28.9 Å². The second-order valence-corrected chi connectivity index (χ2v) is 5.84. The molecule has 0 unspecified atom stereocenters. The lowest BCUT2D eigenvalue weighted by atomic mass is 9.94. The summed E-state index contributed by atoms with van der Waals surface area (Å²) in [5.41, 5.74) is -0.502. The second kappa shape index (κ2) is 7.78. The van der Waals surface area contributed by atoms with Crippen LogP contribution in [0.1, 0.15) is 26.7 Å². The van der Waals surface area contributed by atoms with Crippen molar-refractivity contribution in [2.24, 2.45) is 0 Å². The molecule has 0 spiro atoms. The molecule has 0 radical (unpaired) electrons. The van der Waals surface area contributed by atoms with E-state index in [0.717, 1.165) is 4.90 Å². The molecule has 2 N–H and O–H groups in total. The zero-order valence-corrected chi connectivity index (χ0v) is 12.9. The van der Waals surface area contributed by atoms with Gasteiger partial charge in [-0.3, -0.25) is 4.79 Å². The average molecular weight is 302 g/mol. The summed E-state index contributed by atoms with van der Waals surface area (Å²) in [7, 11) is 0. The Balaban J connectivity index is 2.54. The van der Waals surface area contributed by atoms with E-state index in [0.29, 0.717) is 23.6 Å². The van der Waals surface area contributed by atoms with E-state index < -0.39 is 5.54 Å². The Hall–Kier alpha value is -0.710. The van der Waals surface area contributed by atoms with E-state index in [1.54, 1.807) is 6.07 Å². The number of thioether (sulfide) groups is 1. The molecule has 1 rings (SSSR count). The van der Waals surface area contributed by atoms with Crippen molar-refractivity contribution in [2.75, 3.05) is 12.4 Å². The van der Waals surface area contributed by atoms with E-state index in [2.05, 4.69) is 5.32 Å². The van der Waals surface area contributed by atoms with E-state index in [9.17, 15) is 9.90 Å². The summed E-state index contributed by atoms with van der Waals surface area (Å²) in [6, 6.07) is 7.44. The lowest BCUT2D eigenvalue weighted by Gasteiger charge is -2.30. The van der Waals surface area contributed by atoms with Gasteiger partial charge in [0.05, 0.1) is 22.9 Å². The van der Waals surface area contributed by atoms with Gasteiger partial charge in [0.1, 0.15) is 0 Å². The number of hydrogen-bond donors (Lipinski definition) is 2. The SMILES string of the molecule is CCC(CC)(CO)NC(=O)CSc1ccccc1Cl. The maximum atomic E-state index is 11.9. The smallest absolute Gasteiger partial charge is 0.230 e. The highest BCUT2D eigenvalue weighted by Gasteiger charge is 2.26. The molecule has 1 amide bonds. The molecule has 0 heterocycles. The highest BCUT2D eigenvalue weighted by atomic mass is 35.5. The van der Waals surface area contributed by atoms with Crippen LogP contribution in [0, 0.1) is 0 Å². The Morgan fingerprint density at radius 3 is 2.53 bits per heavy atom. The van der Waals surface area contributed by atoms with Crippen molar-refractivity contribution in [2.45, 2.75) is 37.1 Å². The minimum absolute atomic E-state index is 0.0392. The number of carbonyl (C=O) groups is 1. The fourth-order valence-electron chi connectivity index (χ4n) is 1.73. The molecule has 0 atom stereocenters. The van der Waals surface area contributed by atoms with Crippen LogP contribution in [0.2, 0.25) is 5.02 Å². The molecular weight excluding hydrogens is 282 g/mol. The molecule has 1 aromatic rings. The van der Waals surface area contributed by atoms with E-state index in [4.69, 9.17) is 11.6 Å². The summed E-state index contributed by atoms with van der Waals surface area (Å²) in [4.78, 5) is 12.8. The summed E-state index contributed by atoms with van der Waals surface area (Å²) < 4.78 is 0. The summed E-state index contributed by atoms with van der Waals surface area (Å²) in [5, 5.41) is 13.0. The zero-order valence-electron chi connectivity index (χ0n) is 11.3. The molecule has 19 heavy (non-hydrogen) atoms. The van der Waals surface area contributed by atoms with Gasteiger partial charge in [-0.05, 0) is 25.0 Å². The highest BCUT2D eigenvalue weighted by Crippen LogP contribution is 2.26. The fraction of sp³-hybridized carbons (Fsp3) is 0.500. The number of aliphatic hydroxyl groups excluding tert-OH is 1. The predicted molar refractivity (Wildman–Crippen MR) is 80.7 cm³/mol. The van der Waals surface area contributed by atoms with Gasteiger partial charge in [-0.15, -0.1) is 11.8 Å². The van der Waals surface area contributed by atoms with E-state index >= 15 is 0 Å². The first-order valence-electron chi connectivity index (χ1n) is 6.36. The van der Waals surface area contributed by atoms with Crippen LogP contribution in [-0.2, 0) is 4.79 Å². The van der Waals surface area contributed by atoms with Gasteiger partial charge in [0.15, 0.2) is 0 Å². The molecular formula is C14H20ClNO2S. The summed E-state index contributed by atoms with van der Waals surface area (Å²) in [6.45, 7) is 3.88. The topological polar surface area (TPSA) is 49.3 Å². The number of nitrogens with one attached hydrogen (secondary N) is 1. The van der Waals surface area contributed by atoms with Crippen LogP contribution in [0.3, 0.4) is 0 Å². The summed E-state index contributed by atoms with van der Waals surface area (Å²) >= 11 is 7.43. The Kier molecular flexibility index (Phi) is 6.69. The molecule has 0 aliphatic carbocycles. The maximum absolute atomic E-state index is 11.9. The maximum Gasteiger partial charge on any atom is 0.230 e. The van der Waals surface area contributed by atoms with Crippen LogP contribution >= 0.6 is 23.4 Å². The van der Waals surface area contributed by atoms with Crippen molar-refractivity contribution in [1.82, 2.24) is 5.32 Å². The highest BCUT2D eigenvalue weighted by molar-refractivity contribution is 8.00. The molecule has 3 nitrogen and oxygen atoms in total. The second-order valence-electron chi connectivity index (χ2n) is 4.41. The van der Waals surface area contributed by atoms with Crippen molar-refractivity contribution in [1.29, 1.82) is 0 Å². The third-order valence-electron chi connectivity index (χ3n) is 3.26. The Morgan fingerprint density at radius 1 is 1.37 bits per heavy atom. The van der Waals surface area contributed by atoms with E-state index in [1.807, 2.05) is 32.0 Å². The standard InChI is InChI=1S/C14H20ClNO2S/c1-3-14(4-2,10-17)16-13(18)9-19-12-8-6-5-7-11(12)15/h5-8,17H,3-4,9-10H2,1-2H3,(H,16,18). The molecule has 0 fully saturated rings. The van der Waals surface area contributed by atoms with Crippen molar-refractivity contribution in [3.8, 4) is 0 Å². The summed E-state index contributed by atoms with van der Waals surface area (Å²) in [5.74, 6) is 0.216. The Morgan fingerprint density at radius 2 is 2.00 bits per heavy atom. The Bertz CT molecular complexity index is 413. The number of carbonyl (C=O) groups excluding carboxylic acids is 1. The molecule has 0 aliphatic heterocycles. The van der Waals surface area contributed by atoms with Crippen LogP contribution < -0.4 is 5.32 Å². The third-order valence-corrected chi connectivity index (χ3v) is 4.77. The van der Waals surface area contributed by atoms with E-state index in [1.165, 1.54) is 11.8 Å². The van der Waals surface area contributed by atoms with Crippen LogP contribution in [0.15, 0.2) is 29.2 Å². The Labute approximate surface area is 123 Å². The number of benzene rings is 1. The fourth-order valence-corrected chi connectivity index (χ4v) is 2.77. The lowest BCUT2D eigenvalue weighted by Crippen LogP contribution is -2.51. The average Bonchev–Trinajstić information content (AvgIpc) is 2.44. The van der Waals surface area contributed by atoms with Gasteiger partial charge in [0, 0.05) is 4.90 Å². The summed E-state index contributed by atoms with van der Waals surface area (Å²) in [6.07, 6.45) is 1.42.